The number of carbonyl (C=O) groups is 2. The molecular formula is C26H29F7N2O6. The lowest BCUT2D eigenvalue weighted by molar-refractivity contribution is -0.423. The summed E-state index contributed by atoms with van der Waals surface area (Å²) < 4.78 is 105. The summed E-state index contributed by atoms with van der Waals surface area (Å²) in [5.74, 6) is -7.26. The van der Waals surface area contributed by atoms with Crippen molar-refractivity contribution < 1.29 is 59.6 Å². The summed E-state index contributed by atoms with van der Waals surface area (Å²) in [7, 11) is 0. The number of carbonyl (C=O) groups excluding carboxylic acids is 1. The molecule has 0 saturated carbocycles. The molecule has 0 fully saturated rings. The lowest BCUT2D eigenvalue weighted by Crippen LogP contribution is -2.54. The normalized spacial score (nSPS) is 13.0. The van der Waals surface area contributed by atoms with Gasteiger partial charge in [0.15, 0.2) is 6.10 Å². The first-order valence-corrected chi connectivity index (χ1v) is 12.3. The zero-order valence-corrected chi connectivity index (χ0v) is 21.8. The van der Waals surface area contributed by atoms with E-state index in [0.717, 1.165) is 4.90 Å². The van der Waals surface area contributed by atoms with Crippen molar-refractivity contribution >= 4 is 12.0 Å². The van der Waals surface area contributed by atoms with E-state index in [2.05, 4.69) is 10.1 Å². The maximum atomic E-state index is 13.5. The number of nitrogens with one attached hydrogen (secondary N) is 1. The van der Waals surface area contributed by atoms with E-state index >= 15 is 0 Å². The van der Waals surface area contributed by atoms with Gasteiger partial charge in [-0.25, -0.2) is 9.59 Å². The van der Waals surface area contributed by atoms with Gasteiger partial charge in [-0.15, -0.1) is 0 Å². The maximum Gasteiger partial charge on any atom is 0.462 e. The van der Waals surface area contributed by atoms with Crippen molar-refractivity contribution in [3.8, 4) is 5.75 Å². The molecule has 0 aliphatic carbocycles. The highest BCUT2D eigenvalue weighted by Crippen LogP contribution is 2.46. The summed E-state index contributed by atoms with van der Waals surface area (Å²) in [6.45, 7) is -0.713. The van der Waals surface area contributed by atoms with Crippen molar-refractivity contribution in [2.24, 2.45) is 0 Å². The Bertz CT molecular complexity index is 1100. The number of hydrogen-bond donors (Lipinski definition) is 2. The number of urea groups is 1. The Morgan fingerprint density at radius 1 is 0.902 bits per heavy atom. The molecule has 1 atom stereocenters. The van der Waals surface area contributed by atoms with E-state index < -0.39 is 49.5 Å². The van der Waals surface area contributed by atoms with Crippen LogP contribution in [0.5, 0.6) is 5.75 Å². The fraction of sp³-hybridized carbons (Fsp3) is 0.462. The molecule has 2 aromatic rings. The molecule has 2 aromatic carbocycles. The second-order valence-electron chi connectivity index (χ2n) is 8.55. The van der Waals surface area contributed by atoms with E-state index in [1.54, 1.807) is 49.4 Å². The molecule has 0 spiro atoms. The van der Waals surface area contributed by atoms with Crippen LogP contribution in [0, 0.1) is 0 Å². The summed E-state index contributed by atoms with van der Waals surface area (Å²) >= 11 is 0. The Morgan fingerprint density at radius 2 is 1.51 bits per heavy atom. The van der Waals surface area contributed by atoms with Gasteiger partial charge in [0, 0.05) is 26.1 Å². The molecule has 1 unspecified atom stereocenters. The Hall–Kier alpha value is -3.59. The third kappa shape index (κ3) is 10.1. The maximum absolute atomic E-state index is 13.5. The largest absolute Gasteiger partial charge is 0.492 e. The monoisotopic (exact) mass is 598 g/mol. The minimum absolute atomic E-state index is 0.0146. The van der Waals surface area contributed by atoms with Crippen LogP contribution in [-0.2, 0) is 27.2 Å². The molecule has 0 radical (unpaired) electrons. The van der Waals surface area contributed by atoms with E-state index in [9.17, 15) is 45.4 Å². The molecule has 2 rings (SSSR count). The molecular weight excluding hydrogens is 569 g/mol. The van der Waals surface area contributed by atoms with Crippen LogP contribution in [0.2, 0.25) is 0 Å². The van der Waals surface area contributed by atoms with Crippen molar-refractivity contribution in [3.63, 3.8) is 0 Å². The van der Waals surface area contributed by atoms with Gasteiger partial charge in [-0.2, -0.15) is 30.7 Å². The summed E-state index contributed by atoms with van der Waals surface area (Å²) in [5, 5.41) is 11.7. The van der Waals surface area contributed by atoms with Crippen molar-refractivity contribution in [2.45, 2.75) is 44.2 Å². The summed E-state index contributed by atoms with van der Waals surface area (Å²) in [4.78, 5) is 24.8. The summed E-state index contributed by atoms with van der Waals surface area (Å²) in [5.41, 5.74) is 1.31. The highest BCUT2D eigenvalue weighted by molar-refractivity contribution is 5.74. The highest BCUT2D eigenvalue weighted by Gasteiger charge is 2.74. The van der Waals surface area contributed by atoms with Crippen LogP contribution in [0.3, 0.4) is 0 Å². The highest BCUT2D eigenvalue weighted by atomic mass is 19.4. The van der Waals surface area contributed by atoms with Gasteiger partial charge in [-0.3, -0.25) is 0 Å². The quantitative estimate of drug-likeness (QED) is 0.261. The van der Waals surface area contributed by atoms with E-state index in [1.165, 1.54) is 12.1 Å². The van der Waals surface area contributed by atoms with Crippen molar-refractivity contribution in [2.75, 3.05) is 32.9 Å². The average Bonchev–Trinajstić information content (AvgIpc) is 2.91. The van der Waals surface area contributed by atoms with Gasteiger partial charge in [0.05, 0.1) is 13.2 Å². The first kappa shape index (κ1) is 33.6. The Kier molecular flexibility index (Phi) is 12.2. The lowest BCUT2D eigenvalue weighted by Gasteiger charge is -2.29. The predicted octanol–water partition coefficient (Wildman–Crippen LogP) is 5.12. The summed E-state index contributed by atoms with van der Waals surface area (Å²) in [6, 6.07) is 13.9. The fourth-order valence-electron chi connectivity index (χ4n) is 3.37. The van der Waals surface area contributed by atoms with Gasteiger partial charge in [-0.1, -0.05) is 42.5 Å². The van der Waals surface area contributed by atoms with Crippen LogP contribution in [0.15, 0.2) is 54.6 Å². The van der Waals surface area contributed by atoms with Crippen LogP contribution in [0.25, 0.3) is 0 Å². The lowest BCUT2D eigenvalue weighted by atomic mass is 10.1. The number of ether oxygens (including phenoxy) is 3. The number of halogens is 7. The predicted molar refractivity (Wildman–Crippen MR) is 131 cm³/mol. The first-order chi connectivity index (χ1) is 19.2. The standard InChI is InChI=1S/C26H29F7N2O6/c1-2-39-21(22(36)37)16-18-8-10-20(11-9-18)40-14-12-35(23(38)34-17-19-6-4-3-5-7-19)13-15-41-26(32,33)24(27,28)25(29,30)31/h3-11,21H,2,12-17H2,1H3,(H,34,38)(H,36,37). The number of aliphatic carboxylic acids is 1. The molecule has 0 saturated heterocycles. The van der Waals surface area contributed by atoms with E-state index in [0.29, 0.717) is 16.9 Å². The Balaban J connectivity index is 2.00. The number of carboxylic acid groups (broad SMARTS) is 1. The van der Waals surface area contributed by atoms with Gasteiger partial charge in [0.1, 0.15) is 12.4 Å². The fourth-order valence-corrected chi connectivity index (χ4v) is 3.37. The number of nitrogens with zero attached hydrogens (tertiary/aromatic N) is 1. The number of rotatable bonds is 16. The van der Waals surface area contributed by atoms with Gasteiger partial charge in [0.25, 0.3) is 0 Å². The minimum Gasteiger partial charge on any atom is -0.492 e. The molecule has 41 heavy (non-hydrogen) atoms. The molecule has 2 N–H and O–H groups in total. The molecule has 0 heterocycles. The van der Waals surface area contributed by atoms with Gasteiger partial charge in [0.2, 0.25) is 0 Å². The molecule has 228 valence electrons. The number of alkyl halides is 7. The van der Waals surface area contributed by atoms with Crippen LogP contribution in [0.4, 0.5) is 35.5 Å². The molecule has 2 amide bonds. The number of hydrogen-bond acceptors (Lipinski definition) is 5. The first-order valence-electron chi connectivity index (χ1n) is 12.3. The Morgan fingerprint density at radius 3 is 2.07 bits per heavy atom. The van der Waals surface area contributed by atoms with Gasteiger partial charge >= 0.3 is 30.2 Å². The third-order valence-electron chi connectivity index (χ3n) is 5.56. The van der Waals surface area contributed by atoms with Gasteiger partial charge < -0.3 is 29.5 Å². The van der Waals surface area contributed by atoms with Crippen molar-refractivity contribution in [3.05, 3.63) is 65.7 Å². The molecule has 0 aromatic heterocycles. The van der Waals surface area contributed by atoms with Crippen LogP contribution >= 0.6 is 0 Å². The average molecular weight is 599 g/mol. The smallest absolute Gasteiger partial charge is 0.462 e. The molecule has 0 aliphatic rings. The zero-order chi connectivity index (χ0) is 30.7. The number of benzene rings is 2. The third-order valence-corrected chi connectivity index (χ3v) is 5.56. The van der Waals surface area contributed by atoms with Crippen LogP contribution in [0.1, 0.15) is 18.1 Å². The van der Waals surface area contributed by atoms with Crippen LogP contribution < -0.4 is 10.1 Å². The Labute approximate surface area is 231 Å². The zero-order valence-electron chi connectivity index (χ0n) is 21.8. The van der Waals surface area contributed by atoms with Crippen molar-refractivity contribution in [1.82, 2.24) is 10.2 Å². The second kappa shape index (κ2) is 14.9. The second-order valence-corrected chi connectivity index (χ2v) is 8.55. The summed E-state index contributed by atoms with van der Waals surface area (Å²) in [6.07, 6.45) is -13.4. The minimum atomic E-state index is -6.55. The van der Waals surface area contributed by atoms with E-state index in [-0.39, 0.29) is 32.7 Å². The molecule has 15 heteroatoms. The number of carboxylic acids is 1. The molecule has 0 aliphatic heterocycles. The van der Waals surface area contributed by atoms with E-state index in [1.807, 2.05) is 0 Å². The van der Waals surface area contributed by atoms with Crippen LogP contribution in [-0.4, -0.2) is 79.2 Å². The molecule has 0 bridgehead atoms. The SMILES string of the molecule is CCOC(Cc1ccc(OCCN(CCOC(F)(F)C(F)(F)C(F)(F)F)C(=O)NCc2ccccc2)cc1)C(=O)O. The molecule has 8 nitrogen and oxygen atoms in total. The van der Waals surface area contributed by atoms with Crippen molar-refractivity contribution in [1.29, 1.82) is 0 Å². The van der Waals surface area contributed by atoms with Gasteiger partial charge in [-0.05, 0) is 30.2 Å². The van der Waals surface area contributed by atoms with E-state index in [4.69, 9.17) is 9.47 Å². The topological polar surface area (TPSA) is 97.3 Å². The number of amides is 2.